The summed E-state index contributed by atoms with van der Waals surface area (Å²) in [4.78, 5) is 14.2. The van der Waals surface area contributed by atoms with E-state index in [0.29, 0.717) is 13.0 Å². The molecule has 2 rings (SSSR count). The van der Waals surface area contributed by atoms with Gasteiger partial charge in [0.05, 0.1) is 12.6 Å². The predicted molar refractivity (Wildman–Crippen MR) is 81.0 cm³/mol. The van der Waals surface area contributed by atoms with Gasteiger partial charge in [0.2, 0.25) is 5.91 Å². The normalized spacial score (nSPS) is 17.1. The average molecular weight is 270 g/mol. The number of carbonyl (C=O) groups is 1. The van der Waals surface area contributed by atoms with Gasteiger partial charge in [-0.25, -0.2) is 0 Å². The smallest absolute Gasteiger partial charge is 0.223 e. The van der Waals surface area contributed by atoms with Crippen molar-refractivity contribution >= 4 is 5.91 Å². The van der Waals surface area contributed by atoms with Crippen molar-refractivity contribution in [3.8, 4) is 11.8 Å². The van der Waals surface area contributed by atoms with Crippen LogP contribution in [-0.2, 0) is 4.79 Å². The van der Waals surface area contributed by atoms with Gasteiger partial charge in [0.1, 0.15) is 0 Å². The summed E-state index contributed by atoms with van der Waals surface area (Å²) >= 11 is 0. The van der Waals surface area contributed by atoms with Crippen LogP contribution in [0.5, 0.6) is 0 Å². The number of amides is 1. The Morgan fingerprint density at radius 1 is 1.35 bits per heavy atom. The Kier molecular flexibility index (Phi) is 5.20. The number of hydrogen-bond donors (Lipinski definition) is 1. The van der Waals surface area contributed by atoms with E-state index in [4.69, 9.17) is 5.73 Å². The highest BCUT2D eigenvalue weighted by atomic mass is 16.2. The Balaban J connectivity index is 2.19. The molecule has 2 N–H and O–H groups in total. The Labute approximate surface area is 121 Å². The van der Waals surface area contributed by atoms with Crippen LogP contribution in [0, 0.1) is 11.8 Å². The highest BCUT2D eigenvalue weighted by molar-refractivity contribution is 5.76. The van der Waals surface area contributed by atoms with E-state index in [1.54, 1.807) is 0 Å². The van der Waals surface area contributed by atoms with Crippen LogP contribution in [0.1, 0.15) is 49.8 Å². The van der Waals surface area contributed by atoms with E-state index in [9.17, 15) is 4.79 Å². The van der Waals surface area contributed by atoms with E-state index in [-0.39, 0.29) is 11.9 Å². The first-order valence-electron chi connectivity index (χ1n) is 7.30. The monoisotopic (exact) mass is 270 g/mol. The molecule has 106 valence electrons. The molecule has 1 aromatic rings. The number of likely N-dealkylation sites (tertiary alicyclic amines) is 1. The highest BCUT2D eigenvalue weighted by Crippen LogP contribution is 2.25. The molecule has 1 fully saturated rings. The SMILES string of the molecule is CC(c1cccc(C#CCN)c1)N1CCCCCC1=O. The molecule has 1 atom stereocenters. The molecular weight excluding hydrogens is 248 g/mol. The Bertz CT molecular complexity index is 527. The lowest BCUT2D eigenvalue weighted by molar-refractivity contribution is -0.132. The van der Waals surface area contributed by atoms with Crippen LogP contribution < -0.4 is 5.73 Å². The number of nitrogens with zero attached hydrogens (tertiary/aromatic N) is 1. The third kappa shape index (κ3) is 3.61. The van der Waals surface area contributed by atoms with Crippen molar-refractivity contribution < 1.29 is 4.79 Å². The number of hydrogen-bond acceptors (Lipinski definition) is 2. The van der Waals surface area contributed by atoms with Gasteiger partial charge in [0, 0.05) is 18.5 Å². The van der Waals surface area contributed by atoms with Crippen molar-refractivity contribution in [1.82, 2.24) is 4.90 Å². The first-order valence-corrected chi connectivity index (χ1v) is 7.30. The topological polar surface area (TPSA) is 46.3 Å². The summed E-state index contributed by atoms with van der Waals surface area (Å²) in [5.74, 6) is 6.19. The highest BCUT2D eigenvalue weighted by Gasteiger charge is 2.22. The Morgan fingerprint density at radius 3 is 3.00 bits per heavy atom. The van der Waals surface area contributed by atoms with Gasteiger partial charge < -0.3 is 10.6 Å². The molecule has 0 spiro atoms. The van der Waals surface area contributed by atoms with Crippen LogP contribution in [0.25, 0.3) is 0 Å². The Hall–Kier alpha value is -1.79. The maximum Gasteiger partial charge on any atom is 0.223 e. The van der Waals surface area contributed by atoms with Crippen molar-refractivity contribution in [2.45, 2.75) is 38.6 Å². The second-order valence-corrected chi connectivity index (χ2v) is 5.21. The molecule has 1 aromatic carbocycles. The fourth-order valence-corrected chi connectivity index (χ4v) is 2.62. The molecule has 0 aromatic heterocycles. The second kappa shape index (κ2) is 7.12. The third-order valence-corrected chi connectivity index (χ3v) is 3.78. The van der Waals surface area contributed by atoms with E-state index in [0.717, 1.165) is 36.9 Å². The van der Waals surface area contributed by atoms with Crippen LogP contribution in [0.15, 0.2) is 24.3 Å². The lowest BCUT2D eigenvalue weighted by Crippen LogP contribution is -2.32. The molecule has 1 aliphatic rings. The molecule has 1 unspecified atom stereocenters. The van der Waals surface area contributed by atoms with Crippen molar-refractivity contribution in [2.24, 2.45) is 5.73 Å². The van der Waals surface area contributed by atoms with Crippen molar-refractivity contribution in [2.75, 3.05) is 13.1 Å². The average Bonchev–Trinajstić information content (AvgIpc) is 2.69. The van der Waals surface area contributed by atoms with Gasteiger partial charge >= 0.3 is 0 Å². The van der Waals surface area contributed by atoms with Gasteiger partial charge in [0.25, 0.3) is 0 Å². The minimum atomic E-state index is 0.111. The summed E-state index contributed by atoms with van der Waals surface area (Å²) in [5, 5.41) is 0. The zero-order valence-electron chi connectivity index (χ0n) is 12.1. The van der Waals surface area contributed by atoms with E-state index in [1.807, 2.05) is 17.0 Å². The predicted octanol–water partition coefficient (Wildman–Crippen LogP) is 2.46. The molecule has 0 aliphatic carbocycles. The molecular formula is C17H22N2O. The molecule has 0 saturated carbocycles. The van der Waals surface area contributed by atoms with Crippen molar-refractivity contribution in [3.05, 3.63) is 35.4 Å². The summed E-state index contributed by atoms with van der Waals surface area (Å²) in [6.07, 6.45) is 3.95. The zero-order chi connectivity index (χ0) is 14.4. The minimum Gasteiger partial charge on any atom is -0.336 e. The third-order valence-electron chi connectivity index (χ3n) is 3.78. The molecule has 1 aliphatic heterocycles. The summed E-state index contributed by atoms with van der Waals surface area (Å²) in [6, 6.07) is 8.21. The largest absolute Gasteiger partial charge is 0.336 e. The minimum absolute atomic E-state index is 0.111. The lowest BCUT2D eigenvalue weighted by atomic mass is 10.0. The molecule has 1 amide bonds. The zero-order valence-corrected chi connectivity index (χ0v) is 12.1. The lowest BCUT2D eigenvalue weighted by Gasteiger charge is -2.28. The van der Waals surface area contributed by atoms with Gasteiger partial charge in [-0.1, -0.05) is 30.4 Å². The standard InChI is InChI=1S/C17H22N2O/c1-14(19-12-4-2-3-10-17(19)20)16-9-5-7-15(13-16)8-6-11-18/h5,7,9,13-14H,2-4,10-12,18H2,1H3. The van der Waals surface area contributed by atoms with Crippen molar-refractivity contribution in [3.63, 3.8) is 0 Å². The summed E-state index contributed by atoms with van der Waals surface area (Å²) in [6.45, 7) is 3.32. The fraction of sp³-hybridized carbons (Fsp3) is 0.471. The van der Waals surface area contributed by atoms with Gasteiger partial charge in [0.15, 0.2) is 0 Å². The molecule has 0 radical (unpaired) electrons. The van der Waals surface area contributed by atoms with Gasteiger partial charge in [-0.05, 0) is 37.5 Å². The van der Waals surface area contributed by atoms with Crippen LogP contribution in [-0.4, -0.2) is 23.9 Å². The molecule has 20 heavy (non-hydrogen) atoms. The molecule has 0 bridgehead atoms. The molecule has 1 saturated heterocycles. The van der Waals surface area contributed by atoms with Crippen LogP contribution in [0.4, 0.5) is 0 Å². The maximum absolute atomic E-state index is 12.2. The van der Waals surface area contributed by atoms with Crippen LogP contribution in [0.2, 0.25) is 0 Å². The summed E-state index contributed by atoms with van der Waals surface area (Å²) in [7, 11) is 0. The first kappa shape index (κ1) is 14.6. The molecule has 3 heteroatoms. The van der Waals surface area contributed by atoms with Gasteiger partial charge in [-0.15, -0.1) is 0 Å². The summed E-state index contributed by atoms with van der Waals surface area (Å²) in [5.41, 5.74) is 7.50. The second-order valence-electron chi connectivity index (χ2n) is 5.21. The number of carbonyl (C=O) groups excluding carboxylic acids is 1. The molecule has 3 nitrogen and oxygen atoms in total. The van der Waals surface area contributed by atoms with Gasteiger partial charge in [-0.3, -0.25) is 4.79 Å². The number of rotatable bonds is 2. The fourth-order valence-electron chi connectivity index (χ4n) is 2.62. The van der Waals surface area contributed by atoms with E-state index >= 15 is 0 Å². The van der Waals surface area contributed by atoms with E-state index in [2.05, 4.69) is 30.9 Å². The van der Waals surface area contributed by atoms with E-state index < -0.39 is 0 Å². The number of nitrogens with two attached hydrogens (primary N) is 1. The number of benzene rings is 1. The maximum atomic E-state index is 12.2. The summed E-state index contributed by atoms with van der Waals surface area (Å²) < 4.78 is 0. The first-order chi connectivity index (χ1) is 9.72. The van der Waals surface area contributed by atoms with Crippen molar-refractivity contribution in [1.29, 1.82) is 0 Å². The van der Waals surface area contributed by atoms with Gasteiger partial charge in [-0.2, -0.15) is 0 Å². The van der Waals surface area contributed by atoms with Crippen LogP contribution >= 0.6 is 0 Å². The quantitative estimate of drug-likeness (QED) is 0.839. The Morgan fingerprint density at radius 2 is 2.20 bits per heavy atom. The van der Waals surface area contributed by atoms with Crippen LogP contribution in [0.3, 0.4) is 0 Å². The van der Waals surface area contributed by atoms with E-state index in [1.165, 1.54) is 0 Å². The molecule has 1 heterocycles.